The molecule has 1 heterocycles. The van der Waals surface area contributed by atoms with Crippen LogP contribution in [0.5, 0.6) is 0 Å². The summed E-state index contributed by atoms with van der Waals surface area (Å²) in [6.07, 6.45) is 0. The van der Waals surface area contributed by atoms with Crippen molar-refractivity contribution < 1.29 is 9.59 Å². The summed E-state index contributed by atoms with van der Waals surface area (Å²) in [5.74, 6) is -0.318. The topological polar surface area (TPSA) is 49.4 Å². The van der Waals surface area contributed by atoms with Crippen LogP contribution in [0.1, 0.15) is 27.7 Å². The molecule has 0 aromatic heterocycles. The Labute approximate surface area is 138 Å². The fraction of sp³-hybridized carbons (Fsp3) is 0.467. The van der Waals surface area contributed by atoms with Gasteiger partial charge in [-0.3, -0.25) is 14.5 Å². The Kier molecular flexibility index (Phi) is 4.36. The molecular weight excluding hydrogens is 356 g/mol. The van der Waals surface area contributed by atoms with Gasteiger partial charge in [-0.2, -0.15) is 0 Å². The van der Waals surface area contributed by atoms with E-state index in [1.807, 2.05) is 13.8 Å². The molecule has 2 rings (SSSR count). The summed E-state index contributed by atoms with van der Waals surface area (Å²) in [4.78, 5) is 26.8. The van der Waals surface area contributed by atoms with Gasteiger partial charge in [0.15, 0.2) is 0 Å². The molecule has 21 heavy (non-hydrogen) atoms. The molecule has 6 heteroatoms. The summed E-state index contributed by atoms with van der Waals surface area (Å²) in [6, 6.07) is 4.74. The average molecular weight is 374 g/mol. The molecule has 1 fully saturated rings. The lowest BCUT2D eigenvalue weighted by Crippen LogP contribution is -2.69. The maximum atomic E-state index is 12.8. The molecule has 1 atom stereocenters. The standard InChI is InChI=1S/C15H18BrClN2O2/c1-8(2)12-13(20)18-15(3,4)14(21)19(12)10-7-5-6-9(17)11(10)16/h5-8,12H,1-4H3,(H,18,20). The Hall–Kier alpha value is -1.07. The maximum absolute atomic E-state index is 12.8. The summed E-state index contributed by atoms with van der Waals surface area (Å²) in [6.45, 7) is 7.24. The van der Waals surface area contributed by atoms with Crippen LogP contribution in [-0.4, -0.2) is 23.4 Å². The molecular formula is C15H18BrClN2O2. The van der Waals surface area contributed by atoms with Gasteiger partial charge in [-0.15, -0.1) is 0 Å². The van der Waals surface area contributed by atoms with Gasteiger partial charge in [0.2, 0.25) is 5.91 Å². The van der Waals surface area contributed by atoms with Crippen LogP contribution in [0, 0.1) is 5.92 Å². The molecule has 1 aromatic rings. The molecule has 2 amide bonds. The van der Waals surface area contributed by atoms with Crippen LogP contribution >= 0.6 is 27.5 Å². The number of amides is 2. The van der Waals surface area contributed by atoms with E-state index in [1.165, 1.54) is 0 Å². The first-order chi connectivity index (χ1) is 9.66. The third-order valence-electron chi connectivity index (χ3n) is 3.56. The van der Waals surface area contributed by atoms with Gasteiger partial charge in [-0.1, -0.05) is 31.5 Å². The van der Waals surface area contributed by atoms with Gasteiger partial charge in [-0.25, -0.2) is 0 Å². The number of benzene rings is 1. The number of carbonyl (C=O) groups is 2. The Bertz CT molecular complexity index is 601. The molecule has 0 saturated carbocycles. The van der Waals surface area contributed by atoms with Crippen LogP contribution in [0.3, 0.4) is 0 Å². The second-order valence-corrected chi connectivity index (χ2v) is 7.25. The molecule has 1 saturated heterocycles. The molecule has 114 valence electrons. The van der Waals surface area contributed by atoms with Crippen molar-refractivity contribution in [2.45, 2.75) is 39.3 Å². The number of anilines is 1. The lowest BCUT2D eigenvalue weighted by molar-refractivity contribution is -0.138. The van der Waals surface area contributed by atoms with E-state index in [-0.39, 0.29) is 17.7 Å². The summed E-state index contributed by atoms with van der Waals surface area (Å²) in [5, 5.41) is 3.30. The average Bonchev–Trinajstić information content (AvgIpc) is 2.36. The largest absolute Gasteiger partial charge is 0.340 e. The van der Waals surface area contributed by atoms with Crippen LogP contribution in [-0.2, 0) is 9.59 Å². The van der Waals surface area contributed by atoms with Crippen molar-refractivity contribution in [3.05, 3.63) is 27.7 Å². The minimum atomic E-state index is -0.940. The van der Waals surface area contributed by atoms with Crippen molar-refractivity contribution in [2.75, 3.05) is 4.90 Å². The normalized spacial score (nSPS) is 21.7. The Morgan fingerprint density at radius 1 is 1.33 bits per heavy atom. The highest BCUT2D eigenvalue weighted by Gasteiger charge is 2.47. The fourth-order valence-corrected chi connectivity index (χ4v) is 3.14. The summed E-state index contributed by atoms with van der Waals surface area (Å²) in [5.41, 5.74) is -0.321. The summed E-state index contributed by atoms with van der Waals surface area (Å²) in [7, 11) is 0. The van der Waals surface area contributed by atoms with Crippen LogP contribution in [0.25, 0.3) is 0 Å². The van der Waals surface area contributed by atoms with Gasteiger partial charge in [0, 0.05) is 0 Å². The van der Waals surface area contributed by atoms with Gasteiger partial charge >= 0.3 is 0 Å². The Morgan fingerprint density at radius 3 is 2.52 bits per heavy atom. The molecule has 1 N–H and O–H groups in total. The van der Waals surface area contributed by atoms with Crippen molar-refractivity contribution in [3.63, 3.8) is 0 Å². The molecule has 0 radical (unpaired) electrons. The van der Waals surface area contributed by atoms with Crippen LogP contribution in [0.2, 0.25) is 5.02 Å². The highest BCUT2D eigenvalue weighted by molar-refractivity contribution is 9.10. The number of rotatable bonds is 2. The van der Waals surface area contributed by atoms with Gasteiger partial charge in [0.1, 0.15) is 11.6 Å². The zero-order chi connectivity index (χ0) is 15.9. The van der Waals surface area contributed by atoms with Crippen LogP contribution in [0.4, 0.5) is 5.69 Å². The first-order valence-corrected chi connectivity index (χ1v) is 7.93. The third kappa shape index (κ3) is 2.81. The van der Waals surface area contributed by atoms with Crippen molar-refractivity contribution in [2.24, 2.45) is 5.92 Å². The zero-order valence-electron chi connectivity index (χ0n) is 12.4. The van der Waals surface area contributed by atoms with E-state index in [4.69, 9.17) is 11.6 Å². The molecule has 1 aliphatic rings. The maximum Gasteiger partial charge on any atom is 0.252 e. The van der Waals surface area contributed by atoms with E-state index in [0.717, 1.165) is 0 Å². The molecule has 1 aliphatic heterocycles. The van der Waals surface area contributed by atoms with Crippen LogP contribution in [0.15, 0.2) is 22.7 Å². The van der Waals surface area contributed by atoms with E-state index in [9.17, 15) is 9.59 Å². The van der Waals surface area contributed by atoms with Crippen molar-refractivity contribution >= 4 is 45.0 Å². The number of hydrogen-bond acceptors (Lipinski definition) is 2. The lowest BCUT2D eigenvalue weighted by atomic mass is 9.91. The van der Waals surface area contributed by atoms with Crippen molar-refractivity contribution in [1.82, 2.24) is 5.32 Å². The van der Waals surface area contributed by atoms with E-state index >= 15 is 0 Å². The smallest absolute Gasteiger partial charge is 0.252 e. The van der Waals surface area contributed by atoms with Crippen LogP contribution < -0.4 is 10.2 Å². The quantitative estimate of drug-likeness (QED) is 0.864. The van der Waals surface area contributed by atoms with Gasteiger partial charge in [-0.05, 0) is 47.8 Å². The third-order valence-corrected chi connectivity index (χ3v) is 4.93. The molecule has 4 nitrogen and oxygen atoms in total. The first-order valence-electron chi connectivity index (χ1n) is 6.76. The van der Waals surface area contributed by atoms with E-state index < -0.39 is 11.6 Å². The summed E-state index contributed by atoms with van der Waals surface area (Å²) >= 11 is 9.55. The SMILES string of the molecule is CC(C)C1C(=O)NC(C)(C)C(=O)N1c1cccc(Cl)c1Br. The fourth-order valence-electron chi connectivity index (χ4n) is 2.52. The Morgan fingerprint density at radius 2 is 1.95 bits per heavy atom. The first kappa shape index (κ1) is 16.3. The molecule has 1 aromatic carbocycles. The van der Waals surface area contributed by atoms with E-state index in [2.05, 4.69) is 21.2 Å². The van der Waals surface area contributed by atoms with Gasteiger partial charge in [0.25, 0.3) is 5.91 Å². The summed E-state index contributed by atoms with van der Waals surface area (Å²) < 4.78 is 0.621. The predicted molar refractivity (Wildman–Crippen MR) is 87.5 cm³/mol. The van der Waals surface area contributed by atoms with Crippen molar-refractivity contribution in [3.8, 4) is 0 Å². The molecule has 0 aliphatic carbocycles. The molecule has 0 spiro atoms. The number of nitrogens with zero attached hydrogens (tertiary/aromatic N) is 1. The van der Waals surface area contributed by atoms with E-state index in [1.54, 1.807) is 36.9 Å². The van der Waals surface area contributed by atoms with Crippen molar-refractivity contribution in [1.29, 1.82) is 0 Å². The molecule has 0 bridgehead atoms. The minimum Gasteiger partial charge on any atom is -0.340 e. The highest BCUT2D eigenvalue weighted by Crippen LogP contribution is 2.37. The van der Waals surface area contributed by atoms with Gasteiger partial charge < -0.3 is 5.32 Å². The highest BCUT2D eigenvalue weighted by atomic mass is 79.9. The van der Waals surface area contributed by atoms with E-state index in [0.29, 0.717) is 15.2 Å². The molecule has 1 unspecified atom stereocenters. The monoisotopic (exact) mass is 372 g/mol. The lowest BCUT2D eigenvalue weighted by Gasteiger charge is -2.44. The number of hydrogen-bond donors (Lipinski definition) is 1. The number of nitrogens with one attached hydrogen (secondary N) is 1. The second kappa shape index (κ2) is 5.61. The van der Waals surface area contributed by atoms with Gasteiger partial charge in [0.05, 0.1) is 15.2 Å². The number of halogens is 2. The number of piperazine rings is 1. The predicted octanol–water partition coefficient (Wildman–Crippen LogP) is 3.37. The second-order valence-electron chi connectivity index (χ2n) is 6.05. The zero-order valence-corrected chi connectivity index (χ0v) is 14.7. The minimum absolute atomic E-state index is 0.0177. The Balaban J connectivity index is 2.61. The number of carbonyl (C=O) groups excluding carboxylic acids is 2.